The SMILES string of the molecule is CCCNC(=O)CNC(=O)c1cc(F)ccc1N. The summed E-state index contributed by atoms with van der Waals surface area (Å²) in [7, 11) is 0. The Hall–Kier alpha value is -2.11. The summed E-state index contributed by atoms with van der Waals surface area (Å²) >= 11 is 0. The van der Waals surface area contributed by atoms with Crippen molar-refractivity contribution in [3.63, 3.8) is 0 Å². The highest BCUT2D eigenvalue weighted by Crippen LogP contribution is 2.12. The Morgan fingerprint density at radius 1 is 1.33 bits per heavy atom. The number of anilines is 1. The van der Waals surface area contributed by atoms with Crippen LogP contribution in [0.4, 0.5) is 10.1 Å². The van der Waals surface area contributed by atoms with Gasteiger partial charge in [0.25, 0.3) is 5.91 Å². The second kappa shape index (κ2) is 6.58. The molecule has 0 aliphatic heterocycles. The monoisotopic (exact) mass is 253 g/mol. The van der Waals surface area contributed by atoms with Gasteiger partial charge in [0.2, 0.25) is 5.91 Å². The number of hydrogen-bond acceptors (Lipinski definition) is 3. The predicted molar refractivity (Wildman–Crippen MR) is 66.4 cm³/mol. The van der Waals surface area contributed by atoms with Crippen LogP contribution >= 0.6 is 0 Å². The van der Waals surface area contributed by atoms with Crippen LogP contribution in [0.2, 0.25) is 0 Å². The number of nitrogen functional groups attached to an aromatic ring is 1. The van der Waals surface area contributed by atoms with Crippen LogP contribution in [0.15, 0.2) is 18.2 Å². The number of nitrogens with two attached hydrogens (primary N) is 1. The fourth-order valence-corrected chi connectivity index (χ4v) is 1.31. The van der Waals surface area contributed by atoms with Gasteiger partial charge in [0.05, 0.1) is 12.1 Å². The first kappa shape index (κ1) is 14.0. The Labute approximate surface area is 105 Å². The molecule has 6 heteroatoms. The number of benzene rings is 1. The summed E-state index contributed by atoms with van der Waals surface area (Å²) in [5, 5.41) is 4.98. The normalized spacial score (nSPS) is 9.89. The average molecular weight is 253 g/mol. The van der Waals surface area contributed by atoms with E-state index < -0.39 is 11.7 Å². The van der Waals surface area contributed by atoms with E-state index in [1.54, 1.807) is 0 Å². The van der Waals surface area contributed by atoms with Crippen LogP contribution in [0.25, 0.3) is 0 Å². The summed E-state index contributed by atoms with van der Waals surface area (Å²) in [5.74, 6) is -1.41. The first-order valence-electron chi connectivity index (χ1n) is 5.64. The van der Waals surface area contributed by atoms with E-state index in [4.69, 9.17) is 5.73 Å². The minimum absolute atomic E-state index is 0.0262. The summed E-state index contributed by atoms with van der Waals surface area (Å²) in [4.78, 5) is 22.9. The molecule has 0 fully saturated rings. The molecule has 0 bridgehead atoms. The smallest absolute Gasteiger partial charge is 0.253 e. The lowest BCUT2D eigenvalue weighted by molar-refractivity contribution is -0.120. The van der Waals surface area contributed by atoms with E-state index in [1.165, 1.54) is 12.1 Å². The molecule has 0 aliphatic rings. The van der Waals surface area contributed by atoms with Gasteiger partial charge in [-0.25, -0.2) is 4.39 Å². The van der Waals surface area contributed by atoms with Gasteiger partial charge < -0.3 is 16.4 Å². The van der Waals surface area contributed by atoms with Crippen molar-refractivity contribution < 1.29 is 14.0 Å². The number of carbonyl (C=O) groups is 2. The molecule has 0 saturated carbocycles. The second-order valence-electron chi connectivity index (χ2n) is 3.76. The van der Waals surface area contributed by atoms with Crippen molar-refractivity contribution in [1.82, 2.24) is 10.6 Å². The molecule has 0 aromatic heterocycles. The fraction of sp³-hybridized carbons (Fsp3) is 0.333. The van der Waals surface area contributed by atoms with Crippen LogP contribution in [0, 0.1) is 5.82 Å². The highest BCUT2D eigenvalue weighted by Gasteiger charge is 2.11. The van der Waals surface area contributed by atoms with Crippen molar-refractivity contribution in [3.05, 3.63) is 29.6 Å². The standard InChI is InChI=1S/C12H16FN3O2/c1-2-5-15-11(17)7-16-12(18)9-6-8(13)3-4-10(9)14/h3-4,6H,2,5,7,14H2,1H3,(H,15,17)(H,16,18). The molecule has 0 heterocycles. The topological polar surface area (TPSA) is 84.2 Å². The van der Waals surface area contributed by atoms with E-state index in [1.807, 2.05) is 6.92 Å². The molecule has 0 spiro atoms. The molecule has 0 radical (unpaired) electrons. The zero-order chi connectivity index (χ0) is 13.5. The number of halogens is 1. The number of rotatable bonds is 5. The molecular weight excluding hydrogens is 237 g/mol. The predicted octanol–water partition coefficient (Wildman–Crippen LogP) is 0.664. The van der Waals surface area contributed by atoms with Crippen LogP contribution in [-0.4, -0.2) is 24.9 Å². The third-order valence-corrected chi connectivity index (χ3v) is 2.24. The van der Waals surface area contributed by atoms with Crippen molar-refractivity contribution >= 4 is 17.5 Å². The van der Waals surface area contributed by atoms with Crippen LogP contribution < -0.4 is 16.4 Å². The van der Waals surface area contributed by atoms with Gasteiger partial charge in [-0.05, 0) is 24.6 Å². The van der Waals surface area contributed by atoms with E-state index in [0.717, 1.165) is 12.5 Å². The van der Waals surface area contributed by atoms with Gasteiger partial charge in [-0.1, -0.05) is 6.92 Å². The Morgan fingerprint density at radius 3 is 2.72 bits per heavy atom. The largest absolute Gasteiger partial charge is 0.398 e. The molecule has 5 nitrogen and oxygen atoms in total. The molecule has 1 aromatic carbocycles. The quantitative estimate of drug-likeness (QED) is 0.674. The molecule has 1 rings (SSSR count). The maximum atomic E-state index is 13.0. The van der Waals surface area contributed by atoms with E-state index in [-0.39, 0.29) is 23.7 Å². The minimum Gasteiger partial charge on any atom is -0.398 e. The Balaban J connectivity index is 2.55. The van der Waals surface area contributed by atoms with Crippen molar-refractivity contribution in [3.8, 4) is 0 Å². The molecule has 0 saturated heterocycles. The van der Waals surface area contributed by atoms with E-state index in [9.17, 15) is 14.0 Å². The number of hydrogen-bond donors (Lipinski definition) is 3. The lowest BCUT2D eigenvalue weighted by Gasteiger charge is -2.08. The third kappa shape index (κ3) is 4.04. The van der Waals surface area contributed by atoms with Crippen LogP contribution in [0.1, 0.15) is 23.7 Å². The Bertz CT molecular complexity index is 449. The lowest BCUT2D eigenvalue weighted by atomic mass is 10.1. The van der Waals surface area contributed by atoms with Crippen molar-refractivity contribution in [1.29, 1.82) is 0 Å². The summed E-state index contributed by atoms with van der Waals surface area (Å²) in [6.45, 7) is 2.32. The minimum atomic E-state index is -0.571. The molecule has 98 valence electrons. The van der Waals surface area contributed by atoms with Gasteiger partial charge in [0.15, 0.2) is 0 Å². The van der Waals surface area contributed by atoms with E-state index >= 15 is 0 Å². The molecule has 4 N–H and O–H groups in total. The van der Waals surface area contributed by atoms with Gasteiger partial charge in [-0.2, -0.15) is 0 Å². The summed E-state index contributed by atoms with van der Waals surface area (Å²) in [5.41, 5.74) is 5.74. The fourth-order valence-electron chi connectivity index (χ4n) is 1.31. The maximum Gasteiger partial charge on any atom is 0.253 e. The zero-order valence-electron chi connectivity index (χ0n) is 10.1. The van der Waals surface area contributed by atoms with Gasteiger partial charge in [0.1, 0.15) is 5.82 Å². The van der Waals surface area contributed by atoms with Crippen LogP contribution in [0.5, 0.6) is 0 Å². The van der Waals surface area contributed by atoms with Gasteiger partial charge in [0, 0.05) is 12.2 Å². The molecule has 2 amide bonds. The second-order valence-corrected chi connectivity index (χ2v) is 3.76. The highest BCUT2D eigenvalue weighted by atomic mass is 19.1. The summed E-state index contributed by atoms with van der Waals surface area (Å²) < 4.78 is 13.0. The molecular formula is C12H16FN3O2. The number of nitrogens with one attached hydrogen (secondary N) is 2. The first-order valence-corrected chi connectivity index (χ1v) is 5.64. The van der Waals surface area contributed by atoms with E-state index in [0.29, 0.717) is 6.54 Å². The third-order valence-electron chi connectivity index (χ3n) is 2.24. The molecule has 0 atom stereocenters. The first-order chi connectivity index (χ1) is 8.54. The summed E-state index contributed by atoms with van der Waals surface area (Å²) in [6.07, 6.45) is 0.816. The van der Waals surface area contributed by atoms with Crippen molar-refractivity contribution in [2.75, 3.05) is 18.8 Å². The molecule has 0 aliphatic carbocycles. The van der Waals surface area contributed by atoms with Crippen molar-refractivity contribution in [2.45, 2.75) is 13.3 Å². The van der Waals surface area contributed by atoms with Gasteiger partial charge in [-0.3, -0.25) is 9.59 Å². The van der Waals surface area contributed by atoms with Crippen LogP contribution in [-0.2, 0) is 4.79 Å². The Kier molecular flexibility index (Phi) is 5.10. The van der Waals surface area contributed by atoms with E-state index in [2.05, 4.69) is 10.6 Å². The zero-order valence-corrected chi connectivity index (χ0v) is 10.1. The van der Waals surface area contributed by atoms with Crippen LogP contribution in [0.3, 0.4) is 0 Å². The number of carbonyl (C=O) groups excluding carboxylic acids is 2. The Morgan fingerprint density at radius 2 is 2.06 bits per heavy atom. The molecule has 18 heavy (non-hydrogen) atoms. The highest BCUT2D eigenvalue weighted by molar-refractivity contribution is 6.00. The molecule has 1 aromatic rings. The van der Waals surface area contributed by atoms with Crippen molar-refractivity contribution in [2.24, 2.45) is 0 Å². The van der Waals surface area contributed by atoms with Gasteiger partial charge >= 0.3 is 0 Å². The van der Waals surface area contributed by atoms with Gasteiger partial charge in [-0.15, -0.1) is 0 Å². The number of amides is 2. The average Bonchev–Trinajstić information content (AvgIpc) is 2.36. The lowest BCUT2D eigenvalue weighted by Crippen LogP contribution is -2.37. The maximum absolute atomic E-state index is 13.0. The molecule has 0 unspecified atom stereocenters. The summed E-state index contributed by atoms with van der Waals surface area (Å²) in [6, 6.07) is 3.51.